The molecule has 2 unspecified atom stereocenters. The molecule has 1 aromatic rings. The van der Waals surface area contributed by atoms with Gasteiger partial charge >= 0.3 is 5.97 Å². The van der Waals surface area contributed by atoms with Crippen LogP contribution in [0.4, 0.5) is 8.78 Å². The van der Waals surface area contributed by atoms with Gasteiger partial charge in [-0.1, -0.05) is 64.3 Å². The summed E-state index contributed by atoms with van der Waals surface area (Å²) in [5.74, 6) is -2.53. The molecule has 1 aliphatic carbocycles. The number of carbonyl (C=O) groups excluding carboxylic acids is 1. The lowest BCUT2D eigenvalue weighted by molar-refractivity contribution is -0.156. The van der Waals surface area contributed by atoms with Gasteiger partial charge in [-0.3, -0.25) is 4.79 Å². The molecule has 0 N–H and O–H groups in total. The number of hydrogen-bond acceptors (Lipinski definition) is 2. The standard InChI is InChI=1S/C22H32F2O2/c1-5-26-21(25)19(20(23)24)18(15-9-7-6-8-10-15)16-11-13-17(14-12-16)22(2,3)4/h11-15,18-20H,5-10H2,1-4H3. The van der Waals surface area contributed by atoms with E-state index in [1.807, 2.05) is 24.3 Å². The lowest BCUT2D eigenvalue weighted by atomic mass is 9.70. The van der Waals surface area contributed by atoms with Gasteiger partial charge < -0.3 is 4.74 Å². The Morgan fingerprint density at radius 3 is 2.15 bits per heavy atom. The molecule has 26 heavy (non-hydrogen) atoms. The first kappa shape index (κ1) is 20.9. The monoisotopic (exact) mass is 366 g/mol. The van der Waals surface area contributed by atoms with E-state index in [-0.39, 0.29) is 17.9 Å². The van der Waals surface area contributed by atoms with Crippen LogP contribution in [0.2, 0.25) is 0 Å². The van der Waals surface area contributed by atoms with E-state index < -0.39 is 24.2 Å². The van der Waals surface area contributed by atoms with Crippen LogP contribution < -0.4 is 0 Å². The van der Waals surface area contributed by atoms with Gasteiger partial charge in [-0.05, 0) is 42.2 Å². The number of carbonyl (C=O) groups is 1. The lowest BCUT2D eigenvalue weighted by Crippen LogP contribution is -2.35. The SMILES string of the molecule is CCOC(=O)C(C(F)F)C(c1ccc(C(C)(C)C)cc1)C1CCCCC1. The minimum atomic E-state index is -2.72. The molecule has 1 aromatic carbocycles. The third-order valence-corrected chi connectivity index (χ3v) is 5.54. The van der Waals surface area contributed by atoms with E-state index in [9.17, 15) is 13.6 Å². The maximum atomic E-state index is 13.9. The smallest absolute Gasteiger partial charge is 0.315 e. The average Bonchev–Trinajstić information content (AvgIpc) is 2.59. The summed E-state index contributed by atoms with van der Waals surface area (Å²) in [5.41, 5.74) is 2.00. The molecule has 0 saturated heterocycles. The molecule has 1 aliphatic rings. The topological polar surface area (TPSA) is 26.3 Å². The zero-order chi connectivity index (χ0) is 19.3. The second kappa shape index (κ2) is 8.96. The normalized spacial score (nSPS) is 18.6. The minimum Gasteiger partial charge on any atom is -0.466 e. The Morgan fingerprint density at radius 2 is 1.69 bits per heavy atom. The molecular weight excluding hydrogens is 334 g/mol. The summed E-state index contributed by atoms with van der Waals surface area (Å²) in [6.07, 6.45) is 2.30. The highest BCUT2D eigenvalue weighted by Crippen LogP contribution is 2.43. The summed E-state index contributed by atoms with van der Waals surface area (Å²) in [6, 6.07) is 7.90. The van der Waals surface area contributed by atoms with Crippen molar-refractivity contribution in [2.75, 3.05) is 6.61 Å². The Bertz CT molecular complexity index is 569. The van der Waals surface area contributed by atoms with Crippen molar-refractivity contribution < 1.29 is 18.3 Å². The molecule has 1 fully saturated rings. The molecule has 0 spiro atoms. The molecule has 0 aromatic heterocycles. The van der Waals surface area contributed by atoms with Gasteiger partial charge in [0.1, 0.15) is 5.92 Å². The van der Waals surface area contributed by atoms with Crippen LogP contribution >= 0.6 is 0 Å². The lowest BCUT2D eigenvalue weighted by Gasteiger charge is -2.35. The fourth-order valence-electron chi connectivity index (χ4n) is 4.12. The van der Waals surface area contributed by atoms with Gasteiger partial charge in [-0.25, -0.2) is 8.78 Å². The highest BCUT2D eigenvalue weighted by atomic mass is 19.3. The Balaban J connectivity index is 2.40. The highest BCUT2D eigenvalue weighted by molar-refractivity contribution is 5.74. The molecule has 0 amide bonds. The maximum absolute atomic E-state index is 13.9. The fourth-order valence-corrected chi connectivity index (χ4v) is 4.12. The summed E-state index contributed by atoms with van der Waals surface area (Å²) in [6.45, 7) is 8.17. The second-order valence-corrected chi connectivity index (χ2v) is 8.41. The maximum Gasteiger partial charge on any atom is 0.315 e. The predicted octanol–water partition coefficient (Wildman–Crippen LogP) is 6.09. The Kier molecular flexibility index (Phi) is 7.19. The van der Waals surface area contributed by atoms with Gasteiger partial charge in [-0.2, -0.15) is 0 Å². The fraction of sp³-hybridized carbons (Fsp3) is 0.682. The molecule has 146 valence electrons. The van der Waals surface area contributed by atoms with E-state index in [1.54, 1.807) is 6.92 Å². The van der Waals surface area contributed by atoms with Crippen molar-refractivity contribution in [1.29, 1.82) is 0 Å². The van der Waals surface area contributed by atoms with E-state index in [4.69, 9.17) is 4.74 Å². The Morgan fingerprint density at radius 1 is 1.12 bits per heavy atom. The molecule has 2 nitrogen and oxygen atoms in total. The van der Waals surface area contributed by atoms with E-state index in [0.717, 1.165) is 43.2 Å². The summed E-state index contributed by atoms with van der Waals surface area (Å²) < 4.78 is 32.9. The molecule has 0 radical (unpaired) electrons. The first-order valence-corrected chi connectivity index (χ1v) is 9.81. The van der Waals surface area contributed by atoms with Gasteiger partial charge in [0.2, 0.25) is 0 Å². The molecule has 0 bridgehead atoms. The van der Waals surface area contributed by atoms with Crippen molar-refractivity contribution in [1.82, 2.24) is 0 Å². The van der Waals surface area contributed by atoms with Gasteiger partial charge in [0.15, 0.2) is 0 Å². The van der Waals surface area contributed by atoms with Crippen molar-refractivity contribution in [3.05, 3.63) is 35.4 Å². The molecule has 2 atom stereocenters. The van der Waals surface area contributed by atoms with Crippen LogP contribution in [-0.2, 0) is 14.9 Å². The first-order chi connectivity index (χ1) is 12.3. The molecule has 0 heterocycles. The number of alkyl halides is 2. The number of esters is 1. The van der Waals surface area contributed by atoms with Crippen LogP contribution in [0.3, 0.4) is 0 Å². The molecular formula is C22H32F2O2. The van der Waals surface area contributed by atoms with Crippen LogP contribution in [0.25, 0.3) is 0 Å². The summed E-state index contributed by atoms with van der Waals surface area (Å²) in [4.78, 5) is 12.4. The Hall–Kier alpha value is -1.45. The average molecular weight is 366 g/mol. The van der Waals surface area contributed by atoms with E-state index in [0.29, 0.717) is 0 Å². The minimum absolute atomic E-state index is 0.00211. The van der Waals surface area contributed by atoms with Crippen LogP contribution in [0.1, 0.15) is 76.8 Å². The molecule has 2 rings (SSSR count). The van der Waals surface area contributed by atoms with Crippen molar-refractivity contribution >= 4 is 5.97 Å². The van der Waals surface area contributed by atoms with Crippen LogP contribution in [-0.4, -0.2) is 19.0 Å². The number of rotatable bonds is 6. The van der Waals surface area contributed by atoms with Crippen molar-refractivity contribution in [2.45, 2.75) is 77.6 Å². The summed E-state index contributed by atoms with van der Waals surface area (Å²) in [7, 11) is 0. The third-order valence-electron chi connectivity index (χ3n) is 5.54. The highest BCUT2D eigenvalue weighted by Gasteiger charge is 2.42. The molecule has 0 aliphatic heterocycles. The number of hydrogen-bond donors (Lipinski definition) is 0. The van der Waals surface area contributed by atoms with E-state index in [2.05, 4.69) is 20.8 Å². The predicted molar refractivity (Wildman–Crippen MR) is 101 cm³/mol. The number of halogens is 2. The summed E-state index contributed by atoms with van der Waals surface area (Å²) in [5, 5.41) is 0. The molecule has 1 saturated carbocycles. The Labute approximate surface area is 156 Å². The first-order valence-electron chi connectivity index (χ1n) is 9.81. The zero-order valence-electron chi connectivity index (χ0n) is 16.4. The van der Waals surface area contributed by atoms with Crippen LogP contribution in [0.5, 0.6) is 0 Å². The van der Waals surface area contributed by atoms with E-state index in [1.165, 1.54) is 0 Å². The number of benzene rings is 1. The van der Waals surface area contributed by atoms with E-state index >= 15 is 0 Å². The van der Waals surface area contributed by atoms with Crippen LogP contribution in [0, 0.1) is 11.8 Å². The zero-order valence-corrected chi connectivity index (χ0v) is 16.4. The molecule has 4 heteroatoms. The quantitative estimate of drug-likeness (QED) is 0.569. The van der Waals surface area contributed by atoms with Crippen molar-refractivity contribution in [3.8, 4) is 0 Å². The van der Waals surface area contributed by atoms with Crippen molar-refractivity contribution in [2.24, 2.45) is 11.8 Å². The summed E-state index contributed by atoms with van der Waals surface area (Å²) >= 11 is 0. The number of ether oxygens (including phenoxy) is 1. The van der Waals surface area contributed by atoms with Gasteiger partial charge in [0, 0.05) is 5.92 Å². The largest absolute Gasteiger partial charge is 0.466 e. The van der Waals surface area contributed by atoms with Crippen molar-refractivity contribution in [3.63, 3.8) is 0 Å². The third kappa shape index (κ3) is 5.05. The van der Waals surface area contributed by atoms with Gasteiger partial charge in [0.05, 0.1) is 6.61 Å². The second-order valence-electron chi connectivity index (χ2n) is 8.41. The van der Waals surface area contributed by atoms with Gasteiger partial charge in [-0.15, -0.1) is 0 Å². The van der Waals surface area contributed by atoms with Crippen LogP contribution in [0.15, 0.2) is 24.3 Å². The van der Waals surface area contributed by atoms with Gasteiger partial charge in [0.25, 0.3) is 6.43 Å².